The fourth-order valence-corrected chi connectivity index (χ4v) is 2.19. The van der Waals surface area contributed by atoms with Crippen LogP contribution in [0.25, 0.3) is 0 Å². The van der Waals surface area contributed by atoms with Gasteiger partial charge in [0.25, 0.3) is 0 Å². The summed E-state index contributed by atoms with van der Waals surface area (Å²) < 4.78 is 11.0. The molecule has 1 aromatic carbocycles. The Balaban J connectivity index is 2.18. The molecule has 2 rings (SSSR count). The van der Waals surface area contributed by atoms with E-state index >= 15 is 0 Å². The Kier molecular flexibility index (Phi) is 3.80. The standard InChI is InChI=1S/C15H21NO3/c1-15(2,3)19-13(17)9-10-5-4-6-11-12(16)7-8-18-14(10)11/h4-6,12H,7-9,16H2,1-3H3. The number of hydrogen-bond donors (Lipinski definition) is 1. The summed E-state index contributed by atoms with van der Waals surface area (Å²) in [6, 6.07) is 5.74. The van der Waals surface area contributed by atoms with Crippen LogP contribution in [-0.2, 0) is 16.0 Å². The minimum Gasteiger partial charge on any atom is -0.493 e. The van der Waals surface area contributed by atoms with Gasteiger partial charge in [-0.1, -0.05) is 18.2 Å². The molecule has 0 bridgehead atoms. The van der Waals surface area contributed by atoms with Crippen molar-refractivity contribution >= 4 is 5.97 Å². The fourth-order valence-electron chi connectivity index (χ4n) is 2.19. The van der Waals surface area contributed by atoms with E-state index in [-0.39, 0.29) is 18.4 Å². The SMILES string of the molecule is CC(C)(C)OC(=O)Cc1cccc2c1OCCC2N. The molecule has 0 spiro atoms. The van der Waals surface area contributed by atoms with Crippen LogP contribution in [-0.4, -0.2) is 18.2 Å². The van der Waals surface area contributed by atoms with Crippen molar-refractivity contribution in [3.05, 3.63) is 29.3 Å². The van der Waals surface area contributed by atoms with Crippen LogP contribution in [0.15, 0.2) is 18.2 Å². The Labute approximate surface area is 113 Å². The topological polar surface area (TPSA) is 61.5 Å². The third kappa shape index (κ3) is 3.47. The van der Waals surface area contributed by atoms with E-state index in [4.69, 9.17) is 15.2 Å². The van der Waals surface area contributed by atoms with Crippen LogP contribution in [0.2, 0.25) is 0 Å². The second kappa shape index (κ2) is 5.21. The molecule has 4 nitrogen and oxygen atoms in total. The van der Waals surface area contributed by atoms with Gasteiger partial charge in [-0.3, -0.25) is 4.79 Å². The Morgan fingerprint density at radius 3 is 2.89 bits per heavy atom. The molecule has 4 heteroatoms. The summed E-state index contributed by atoms with van der Waals surface area (Å²) in [4.78, 5) is 11.9. The number of ether oxygens (including phenoxy) is 2. The average molecular weight is 263 g/mol. The van der Waals surface area contributed by atoms with Gasteiger partial charge in [-0.2, -0.15) is 0 Å². The number of rotatable bonds is 2. The predicted molar refractivity (Wildman–Crippen MR) is 73.0 cm³/mol. The van der Waals surface area contributed by atoms with E-state index in [1.807, 2.05) is 39.0 Å². The summed E-state index contributed by atoms with van der Waals surface area (Å²) in [7, 11) is 0. The molecule has 0 amide bonds. The van der Waals surface area contributed by atoms with Crippen molar-refractivity contribution in [2.45, 2.75) is 45.3 Å². The number of para-hydroxylation sites is 1. The van der Waals surface area contributed by atoms with Crippen LogP contribution in [0, 0.1) is 0 Å². The molecular formula is C15H21NO3. The zero-order chi connectivity index (χ0) is 14.0. The lowest BCUT2D eigenvalue weighted by molar-refractivity contribution is -0.153. The zero-order valence-corrected chi connectivity index (χ0v) is 11.7. The Morgan fingerprint density at radius 2 is 2.21 bits per heavy atom. The molecule has 2 N–H and O–H groups in total. The van der Waals surface area contributed by atoms with Crippen molar-refractivity contribution in [1.29, 1.82) is 0 Å². The van der Waals surface area contributed by atoms with Gasteiger partial charge in [0.1, 0.15) is 11.4 Å². The first-order valence-electron chi connectivity index (χ1n) is 6.59. The maximum absolute atomic E-state index is 11.9. The Bertz CT molecular complexity index is 477. The molecule has 1 heterocycles. The number of carbonyl (C=O) groups is 1. The zero-order valence-electron chi connectivity index (χ0n) is 11.7. The summed E-state index contributed by atoms with van der Waals surface area (Å²) in [6.45, 7) is 6.17. The van der Waals surface area contributed by atoms with Gasteiger partial charge in [-0.15, -0.1) is 0 Å². The minimum absolute atomic E-state index is 0.0117. The third-order valence-electron chi connectivity index (χ3n) is 2.96. The fraction of sp³-hybridized carbons (Fsp3) is 0.533. The molecule has 0 saturated carbocycles. The molecule has 19 heavy (non-hydrogen) atoms. The van der Waals surface area contributed by atoms with Gasteiger partial charge < -0.3 is 15.2 Å². The van der Waals surface area contributed by atoms with Crippen molar-refractivity contribution in [3.8, 4) is 5.75 Å². The molecule has 1 aromatic rings. The number of fused-ring (bicyclic) bond motifs is 1. The Hall–Kier alpha value is -1.55. The lowest BCUT2D eigenvalue weighted by Gasteiger charge is -2.25. The highest BCUT2D eigenvalue weighted by Crippen LogP contribution is 2.34. The molecular weight excluding hydrogens is 242 g/mol. The van der Waals surface area contributed by atoms with Crippen molar-refractivity contribution in [1.82, 2.24) is 0 Å². The van der Waals surface area contributed by atoms with Gasteiger partial charge in [0.05, 0.1) is 13.0 Å². The molecule has 0 fully saturated rings. The van der Waals surface area contributed by atoms with Gasteiger partial charge in [-0.25, -0.2) is 0 Å². The van der Waals surface area contributed by atoms with Crippen LogP contribution in [0.3, 0.4) is 0 Å². The van der Waals surface area contributed by atoms with Gasteiger partial charge in [0.15, 0.2) is 0 Å². The Morgan fingerprint density at radius 1 is 1.47 bits per heavy atom. The lowest BCUT2D eigenvalue weighted by Crippen LogP contribution is -2.26. The van der Waals surface area contributed by atoms with E-state index < -0.39 is 5.60 Å². The molecule has 0 radical (unpaired) electrons. The monoisotopic (exact) mass is 263 g/mol. The first-order chi connectivity index (χ1) is 8.87. The van der Waals surface area contributed by atoms with E-state index in [2.05, 4.69) is 0 Å². The summed E-state index contributed by atoms with van der Waals surface area (Å²) in [5.41, 5.74) is 7.41. The van der Waals surface area contributed by atoms with Crippen molar-refractivity contribution < 1.29 is 14.3 Å². The van der Waals surface area contributed by atoms with E-state index in [1.165, 1.54) is 0 Å². The second-order valence-electron chi connectivity index (χ2n) is 5.84. The highest BCUT2D eigenvalue weighted by Gasteiger charge is 2.23. The van der Waals surface area contributed by atoms with E-state index in [0.717, 1.165) is 23.3 Å². The maximum atomic E-state index is 11.9. The minimum atomic E-state index is -0.469. The molecule has 1 atom stereocenters. The first kappa shape index (κ1) is 13.9. The van der Waals surface area contributed by atoms with E-state index in [0.29, 0.717) is 6.61 Å². The van der Waals surface area contributed by atoms with Crippen LogP contribution in [0.4, 0.5) is 0 Å². The van der Waals surface area contributed by atoms with Gasteiger partial charge in [0.2, 0.25) is 0 Å². The molecule has 0 saturated heterocycles. The third-order valence-corrected chi connectivity index (χ3v) is 2.96. The highest BCUT2D eigenvalue weighted by atomic mass is 16.6. The van der Waals surface area contributed by atoms with E-state index in [9.17, 15) is 4.79 Å². The van der Waals surface area contributed by atoms with Crippen molar-refractivity contribution in [2.24, 2.45) is 5.73 Å². The largest absolute Gasteiger partial charge is 0.493 e. The average Bonchev–Trinajstić information content (AvgIpc) is 2.28. The summed E-state index contributed by atoms with van der Waals surface area (Å²) in [5.74, 6) is 0.510. The van der Waals surface area contributed by atoms with Gasteiger partial charge in [-0.05, 0) is 20.8 Å². The van der Waals surface area contributed by atoms with Crippen molar-refractivity contribution in [2.75, 3.05) is 6.61 Å². The van der Waals surface area contributed by atoms with Gasteiger partial charge in [0, 0.05) is 23.6 Å². The van der Waals surface area contributed by atoms with Crippen LogP contribution in [0.5, 0.6) is 5.75 Å². The number of benzene rings is 1. The summed E-state index contributed by atoms with van der Waals surface area (Å²) in [5, 5.41) is 0. The molecule has 0 aromatic heterocycles. The first-order valence-corrected chi connectivity index (χ1v) is 6.59. The number of esters is 1. The number of carbonyl (C=O) groups excluding carboxylic acids is 1. The molecule has 0 aliphatic carbocycles. The lowest BCUT2D eigenvalue weighted by atomic mass is 9.97. The van der Waals surface area contributed by atoms with E-state index in [1.54, 1.807) is 0 Å². The smallest absolute Gasteiger partial charge is 0.310 e. The normalized spacial score (nSPS) is 18.4. The van der Waals surface area contributed by atoms with Crippen LogP contribution < -0.4 is 10.5 Å². The van der Waals surface area contributed by atoms with Crippen LogP contribution in [0.1, 0.15) is 44.4 Å². The van der Waals surface area contributed by atoms with Crippen molar-refractivity contribution in [3.63, 3.8) is 0 Å². The molecule has 104 valence electrons. The number of nitrogens with two attached hydrogens (primary N) is 1. The number of hydrogen-bond acceptors (Lipinski definition) is 4. The van der Waals surface area contributed by atoms with Gasteiger partial charge >= 0.3 is 5.97 Å². The summed E-state index contributed by atoms with van der Waals surface area (Å²) in [6.07, 6.45) is 1.02. The molecule has 1 aliphatic rings. The molecule has 1 aliphatic heterocycles. The highest BCUT2D eigenvalue weighted by molar-refractivity contribution is 5.74. The second-order valence-corrected chi connectivity index (χ2v) is 5.84. The van der Waals surface area contributed by atoms with Crippen LogP contribution >= 0.6 is 0 Å². The quantitative estimate of drug-likeness (QED) is 0.832. The predicted octanol–water partition coefficient (Wildman–Crippen LogP) is 2.35. The maximum Gasteiger partial charge on any atom is 0.310 e. The molecule has 1 unspecified atom stereocenters. The summed E-state index contributed by atoms with van der Waals surface area (Å²) >= 11 is 0.